The molecule has 0 aromatic carbocycles. The van der Waals surface area contributed by atoms with Gasteiger partial charge in [-0.2, -0.15) is 4.98 Å². The van der Waals surface area contributed by atoms with Crippen LogP contribution in [0.25, 0.3) is 5.78 Å². The molecule has 0 fully saturated rings. The first-order chi connectivity index (χ1) is 8.44. The minimum Gasteiger partial charge on any atom is -0.216 e. The number of aromatic nitrogens is 4. The summed E-state index contributed by atoms with van der Waals surface area (Å²) in [5.41, 5.74) is 1.57. The summed E-state index contributed by atoms with van der Waals surface area (Å²) in [5, 5.41) is 3.73. The van der Waals surface area contributed by atoms with Gasteiger partial charge < -0.3 is 0 Å². The second-order valence-corrected chi connectivity index (χ2v) is 5.70. The van der Waals surface area contributed by atoms with E-state index in [2.05, 4.69) is 19.8 Å². The zero-order valence-corrected chi connectivity index (χ0v) is 11.3. The quantitative estimate of drug-likeness (QED) is 0.869. The number of sulfonamides is 1. The van der Waals surface area contributed by atoms with Gasteiger partial charge >= 0.3 is 0 Å². The van der Waals surface area contributed by atoms with Crippen molar-refractivity contribution in [2.75, 3.05) is 6.54 Å². The van der Waals surface area contributed by atoms with Gasteiger partial charge in [-0.1, -0.05) is 6.92 Å². The Balaban J connectivity index is 2.51. The molecule has 18 heavy (non-hydrogen) atoms. The first kappa shape index (κ1) is 12.9. The fourth-order valence-corrected chi connectivity index (χ4v) is 2.56. The van der Waals surface area contributed by atoms with Gasteiger partial charge in [-0.15, -0.1) is 5.10 Å². The van der Waals surface area contributed by atoms with Crippen LogP contribution in [0.5, 0.6) is 0 Å². The number of hydrogen-bond donors (Lipinski definition) is 1. The van der Waals surface area contributed by atoms with Gasteiger partial charge in [0.2, 0.25) is 0 Å². The molecule has 0 aliphatic rings. The summed E-state index contributed by atoms with van der Waals surface area (Å²) in [6.45, 7) is 5.90. The van der Waals surface area contributed by atoms with Crippen LogP contribution in [0.1, 0.15) is 24.7 Å². The van der Waals surface area contributed by atoms with Gasteiger partial charge in [0.05, 0.1) is 0 Å². The molecule has 2 rings (SSSR count). The van der Waals surface area contributed by atoms with Crippen LogP contribution in [0, 0.1) is 13.8 Å². The van der Waals surface area contributed by atoms with Crippen molar-refractivity contribution >= 4 is 15.8 Å². The first-order valence-electron chi connectivity index (χ1n) is 5.64. The van der Waals surface area contributed by atoms with Crippen LogP contribution in [0.3, 0.4) is 0 Å². The van der Waals surface area contributed by atoms with E-state index in [1.165, 1.54) is 4.52 Å². The number of nitrogens with zero attached hydrogens (tertiary/aromatic N) is 4. The summed E-state index contributed by atoms with van der Waals surface area (Å²) in [4.78, 5) is 8.10. The number of nitrogens with one attached hydrogen (secondary N) is 1. The van der Waals surface area contributed by atoms with Crippen molar-refractivity contribution in [2.24, 2.45) is 0 Å². The molecule has 0 amide bonds. The molecule has 1 N–H and O–H groups in total. The lowest BCUT2D eigenvalue weighted by Gasteiger charge is -1.99. The SMILES string of the molecule is CCCNS(=O)(=O)c1nc2nc(C)cc(C)n2n1. The maximum atomic E-state index is 11.9. The number of fused-ring (bicyclic) bond motifs is 1. The fraction of sp³-hybridized carbons (Fsp3) is 0.500. The molecule has 2 aromatic rings. The monoisotopic (exact) mass is 269 g/mol. The van der Waals surface area contributed by atoms with Crippen molar-refractivity contribution in [1.29, 1.82) is 0 Å². The van der Waals surface area contributed by atoms with E-state index in [-0.39, 0.29) is 5.16 Å². The standard InChI is InChI=1S/C10H15N5O2S/c1-4-5-11-18(16,17)10-13-9-12-7(2)6-8(3)15(9)14-10/h6,11H,4-5H2,1-3H3. The molecular weight excluding hydrogens is 254 g/mol. The van der Waals surface area contributed by atoms with E-state index in [0.29, 0.717) is 18.7 Å². The summed E-state index contributed by atoms with van der Waals surface area (Å²) in [7, 11) is -3.65. The van der Waals surface area contributed by atoms with Crippen LogP contribution in [-0.4, -0.2) is 34.5 Å². The first-order valence-corrected chi connectivity index (χ1v) is 7.13. The van der Waals surface area contributed by atoms with Crippen molar-refractivity contribution in [2.45, 2.75) is 32.3 Å². The summed E-state index contributed by atoms with van der Waals surface area (Å²) in [6.07, 6.45) is 0.711. The molecule has 0 aliphatic carbocycles. The van der Waals surface area contributed by atoms with Crippen LogP contribution in [0.15, 0.2) is 11.2 Å². The minimum atomic E-state index is -3.65. The van der Waals surface area contributed by atoms with Crippen molar-refractivity contribution in [3.8, 4) is 0 Å². The van der Waals surface area contributed by atoms with E-state index >= 15 is 0 Å². The van der Waals surface area contributed by atoms with Gasteiger partial charge in [-0.05, 0) is 26.3 Å². The molecule has 0 unspecified atom stereocenters. The Bertz CT molecular complexity index is 677. The average Bonchev–Trinajstić information content (AvgIpc) is 2.71. The topological polar surface area (TPSA) is 89.2 Å². The van der Waals surface area contributed by atoms with E-state index < -0.39 is 10.0 Å². The zero-order chi connectivity index (χ0) is 13.3. The molecule has 2 aromatic heterocycles. The molecular formula is C10H15N5O2S. The van der Waals surface area contributed by atoms with E-state index in [0.717, 1.165) is 11.4 Å². The normalized spacial score (nSPS) is 12.2. The molecule has 8 heteroatoms. The number of aryl methyl sites for hydroxylation is 2. The van der Waals surface area contributed by atoms with Crippen LogP contribution >= 0.6 is 0 Å². The predicted octanol–water partition coefficient (Wildman–Crippen LogP) is 0.429. The molecule has 0 radical (unpaired) electrons. The Morgan fingerprint density at radius 3 is 2.72 bits per heavy atom. The molecule has 0 atom stereocenters. The summed E-state index contributed by atoms with van der Waals surface area (Å²) >= 11 is 0. The predicted molar refractivity (Wildman–Crippen MR) is 65.7 cm³/mol. The second-order valence-electron chi connectivity index (χ2n) is 4.04. The zero-order valence-electron chi connectivity index (χ0n) is 10.5. The van der Waals surface area contributed by atoms with Gasteiger partial charge in [0.25, 0.3) is 21.0 Å². The van der Waals surface area contributed by atoms with Gasteiger partial charge in [-0.25, -0.2) is 22.6 Å². The average molecular weight is 269 g/mol. The lowest BCUT2D eigenvalue weighted by atomic mass is 10.4. The molecule has 0 spiro atoms. The smallest absolute Gasteiger partial charge is 0.216 e. The highest BCUT2D eigenvalue weighted by Gasteiger charge is 2.20. The van der Waals surface area contributed by atoms with Gasteiger partial charge in [0, 0.05) is 17.9 Å². The van der Waals surface area contributed by atoms with E-state index in [1.807, 2.05) is 26.8 Å². The second kappa shape index (κ2) is 4.62. The Morgan fingerprint density at radius 2 is 2.06 bits per heavy atom. The van der Waals surface area contributed by atoms with E-state index in [1.54, 1.807) is 0 Å². The molecule has 2 heterocycles. The van der Waals surface area contributed by atoms with Crippen molar-refractivity contribution in [1.82, 2.24) is 24.3 Å². The van der Waals surface area contributed by atoms with E-state index in [9.17, 15) is 8.42 Å². The van der Waals surface area contributed by atoms with Gasteiger partial charge in [0.1, 0.15) is 0 Å². The third kappa shape index (κ3) is 2.34. The molecule has 0 bridgehead atoms. The largest absolute Gasteiger partial charge is 0.284 e. The highest BCUT2D eigenvalue weighted by Crippen LogP contribution is 2.08. The Labute approximate surface area is 105 Å². The molecule has 7 nitrogen and oxygen atoms in total. The third-order valence-electron chi connectivity index (χ3n) is 2.38. The Kier molecular flexibility index (Phi) is 3.31. The molecule has 0 saturated heterocycles. The maximum absolute atomic E-state index is 11.9. The molecule has 98 valence electrons. The highest BCUT2D eigenvalue weighted by atomic mass is 32.2. The van der Waals surface area contributed by atoms with Crippen LogP contribution in [-0.2, 0) is 10.0 Å². The number of rotatable bonds is 4. The maximum Gasteiger partial charge on any atom is 0.284 e. The molecule has 0 aliphatic heterocycles. The Morgan fingerprint density at radius 1 is 1.33 bits per heavy atom. The lowest BCUT2D eigenvalue weighted by molar-refractivity contribution is 0.571. The third-order valence-corrected chi connectivity index (χ3v) is 3.62. The van der Waals surface area contributed by atoms with Gasteiger partial charge in [0.15, 0.2) is 0 Å². The summed E-state index contributed by atoms with van der Waals surface area (Å²) in [5.74, 6) is 0.296. The molecule has 0 saturated carbocycles. The number of hydrogen-bond acceptors (Lipinski definition) is 5. The van der Waals surface area contributed by atoms with Crippen LogP contribution in [0.2, 0.25) is 0 Å². The van der Waals surface area contributed by atoms with Gasteiger partial charge in [-0.3, -0.25) is 0 Å². The van der Waals surface area contributed by atoms with E-state index in [4.69, 9.17) is 0 Å². The van der Waals surface area contributed by atoms with Crippen LogP contribution < -0.4 is 4.72 Å². The summed E-state index contributed by atoms with van der Waals surface area (Å²) in [6, 6.07) is 1.82. The van der Waals surface area contributed by atoms with Crippen molar-refractivity contribution in [3.05, 3.63) is 17.5 Å². The van der Waals surface area contributed by atoms with Crippen molar-refractivity contribution < 1.29 is 8.42 Å². The van der Waals surface area contributed by atoms with Crippen molar-refractivity contribution in [3.63, 3.8) is 0 Å². The highest BCUT2D eigenvalue weighted by molar-refractivity contribution is 7.89. The minimum absolute atomic E-state index is 0.239. The Hall–Kier alpha value is -1.54. The fourth-order valence-electron chi connectivity index (χ4n) is 1.56. The van der Waals surface area contributed by atoms with Crippen LogP contribution in [0.4, 0.5) is 0 Å². The lowest BCUT2D eigenvalue weighted by Crippen LogP contribution is -2.25. The summed E-state index contributed by atoms with van der Waals surface area (Å²) < 4.78 is 27.6.